The van der Waals surface area contributed by atoms with Gasteiger partial charge >= 0.3 is 0 Å². The Morgan fingerprint density at radius 1 is 1.71 bits per heavy atom. The number of aromatic nitrogens is 1. The summed E-state index contributed by atoms with van der Waals surface area (Å²) in [6, 6.07) is 1.96. The van der Waals surface area contributed by atoms with E-state index in [2.05, 4.69) is 20.9 Å². The second-order valence-corrected chi connectivity index (χ2v) is 5.01. The van der Waals surface area contributed by atoms with E-state index in [0.29, 0.717) is 11.0 Å². The summed E-state index contributed by atoms with van der Waals surface area (Å²) in [5.41, 5.74) is 1.14. The van der Waals surface area contributed by atoms with E-state index in [1.807, 2.05) is 19.9 Å². The van der Waals surface area contributed by atoms with Gasteiger partial charge in [-0.15, -0.1) is 0 Å². The number of pyridine rings is 1. The maximum absolute atomic E-state index is 5.19. The smallest absolute Gasteiger partial charge is 0.224 e. The van der Waals surface area contributed by atoms with Crippen molar-refractivity contribution in [3.8, 4) is 0 Å². The van der Waals surface area contributed by atoms with Crippen LogP contribution < -0.4 is 0 Å². The monoisotopic (exact) mass is 291 g/mol. The van der Waals surface area contributed by atoms with Crippen molar-refractivity contribution in [1.29, 1.82) is 0 Å². The Morgan fingerprint density at radius 2 is 2.43 bits per heavy atom. The average molecular weight is 292 g/mol. The van der Waals surface area contributed by atoms with Gasteiger partial charge in [0.1, 0.15) is 4.60 Å². The molecule has 0 radical (unpaired) electrons. The normalized spacial score (nSPS) is 9.93. The van der Waals surface area contributed by atoms with Gasteiger partial charge < -0.3 is 4.74 Å². The first kappa shape index (κ1) is 11.9. The summed E-state index contributed by atoms with van der Waals surface area (Å²) in [6.07, 6.45) is 1.79. The molecule has 1 aromatic rings. The Kier molecular flexibility index (Phi) is 4.84. The van der Waals surface area contributed by atoms with Crippen LogP contribution in [0.1, 0.15) is 12.5 Å². The number of thiocarbonyl (C=S) groups is 1. The largest absolute Gasteiger partial charge is 0.479 e. The number of hydrogen-bond donors (Lipinski definition) is 0. The van der Waals surface area contributed by atoms with Crippen molar-refractivity contribution in [3.05, 3.63) is 22.4 Å². The molecule has 0 saturated heterocycles. The molecule has 0 unspecified atom stereocenters. The summed E-state index contributed by atoms with van der Waals surface area (Å²) < 4.78 is 6.56. The standard InChI is InChI=1S/C9H10BrNOS2/c1-3-12-9(13)14-7-5-11-8(10)4-6(7)2/h4-5H,3H2,1-2H3. The lowest BCUT2D eigenvalue weighted by atomic mass is 10.3. The maximum Gasteiger partial charge on any atom is 0.224 e. The van der Waals surface area contributed by atoms with Crippen LogP contribution in [0.5, 0.6) is 0 Å². The zero-order valence-corrected chi connectivity index (χ0v) is 11.1. The third-order valence-electron chi connectivity index (χ3n) is 1.48. The molecule has 0 aliphatic rings. The fraction of sp³-hybridized carbons (Fsp3) is 0.333. The molecular weight excluding hydrogens is 282 g/mol. The minimum Gasteiger partial charge on any atom is -0.479 e. The zero-order chi connectivity index (χ0) is 10.6. The lowest BCUT2D eigenvalue weighted by Gasteiger charge is -2.06. The first-order valence-corrected chi connectivity index (χ1v) is 6.12. The Bertz CT molecular complexity index is 344. The molecule has 0 N–H and O–H groups in total. The highest BCUT2D eigenvalue weighted by Gasteiger charge is 2.05. The van der Waals surface area contributed by atoms with E-state index in [0.717, 1.165) is 15.1 Å². The first-order chi connectivity index (χ1) is 6.63. The molecule has 5 heteroatoms. The lowest BCUT2D eigenvalue weighted by molar-refractivity contribution is 0.346. The summed E-state index contributed by atoms with van der Waals surface area (Å²) in [5, 5.41) is 0. The van der Waals surface area contributed by atoms with Crippen LogP contribution in [-0.2, 0) is 4.74 Å². The van der Waals surface area contributed by atoms with E-state index in [-0.39, 0.29) is 0 Å². The first-order valence-electron chi connectivity index (χ1n) is 4.10. The predicted octanol–water partition coefficient (Wildman–Crippen LogP) is 3.57. The van der Waals surface area contributed by atoms with Crippen molar-refractivity contribution in [2.75, 3.05) is 6.61 Å². The third-order valence-corrected chi connectivity index (χ3v) is 3.22. The van der Waals surface area contributed by atoms with E-state index in [1.165, 1.54) is 11.8 Å². The third kappa shape index (κ3) is 3.55. The summed E-state index contributed by atoms with van der Waals surface area (Å²) in [6.45, 7) is 4.54. The van der Waals surface area contributed by atoms with Crippen LogP contribution in [-0.4, -0.2) is 16.0 Å². The number of rotatable bonds is 2. The van der Waals surface area contributed by atoms with Gasteiger partial charge in [-0.25, -0.2) is 4.98 Å². The highest BCUT2D eigenvalue weighted by Crippen LogP contribution is 2.25. The van der Waals surface area contributed by atoms with Gasteiger partial charge in [0, 0.05) is 11.1 Å². The van der Waals surface area contributed by atoms with Crippen molar-refractivity contribution in [3.63, 3.8) is 0 Å². The van der Waals surface area contributed by atoms with Crippen molar-refractivity contribution in [2.24, 2.45) is 0 Å². The van der Waals surface area contributed by atoms with Gasteiger partial charge in [0.2, 0.25) is 4.38 Å². The molecule has 14 heavy (non-hydrogen) atoms. The number of ether oxygens (including phenoxy) is 1. The summed E-state index contributed by atoms with van der Waals surface area (Å²) in [7, 11) is 0. The minimum absolute atomic E-state index is 0.541. The highest BCUT2D eigenvalue weighted by molar-refractivity contribution is 9.10. The van der Waals surface area contributed by atoms with Gasteiger partial charge in [-0.2, -0.15) is 0 Å². The quantitative estimate of drug-likeness (QED) is 0.472. The van der Waals surface area contributed by atoms with Crippen LogP contribution in [0.2, 0.25) is 0 Å². The van der Waals surface area contributed by atoms with Crippen LogP contribution in [0.4, 0.5) is 0 Å². The van der Waals surface area contributed by atoms with E-state index in [1.54, 1.807) is 6.20 Å². The summed E-state index contributed by atoms with van der Waals surface area (Å²) in [5.74, 6) is 0. The number of hydrogen-bond acceptors (Lipinski definition) is 4. The summed E-state index contributed by atoms with van der Waals surface area (Å²) in [4.78, 5) is 5.17. The van der Waals surface area contributed by atoms with E-state index in [4.69, 9.17) is 17.0 Å². The molecule has 1 heterocycles. The van der Waals surface area contributed by atoms with Crippen molar-refractivity contribution >= 4 is 44.3 Å². The lowest BCUT2D eigenvalue weighted by Crippen LogP contribution is -1.96. The molecule has 0 saturated carbocycles. The van der Waals surface area contributed by atoms with Crippen LogP contribution in [0.3, 0.4) is 0 Å². The topological polar surface area (TPSA) is 22.1 Å². The van der Waals surface area contributed by atoms with Gasteiger partial charge in [0.05, 0.1) is 6.61 Å². The van der Waals surface area contributed by atoms with Crippen LogP contribution in [0, 0.1) is 6.92 Å². The SMILES string of the molecule is CCOC(=S)Sc1cnc(Br)cc1C. The number of nitrogens with zero attached hydrogens (tertiary/aromatic N) is 1. The molecule has 0 aromatic carbocycles. The molecule has 0 amide bonds. The maximum atomic E-state index is 5.19. The van der Waals surface area contributed by atoms with Crippen molar-refractivity contribution in [2.45, 2.75) is 18.7 Å². The molecule has 0 aliphatic carbocycles. The van der Waals surface area contributed by atoms with E-state index in [9.17, 15) is 0 Å². The molecule has 76 valence electrons. The highest BCUT2D eigenvalue weighted by atomic mass is 79.9. The summed E-state index contributed by atoms with van der Waals surface area (Å²) >= 11 is 9.77. The van der Waals surface area contributed by atoms with Crippen LogP contribution in [0.15, 0.2) is 21.8 Å². The molecule has 0 aliphatic heterocycles. The minimum atomic E-state index is 0.541. The molecule has 0 atom stereocenters. The Balaban J connectivity index is 2.72. The fourth-order valence-corrected chi connectivity index (χ4v) is 2.37. The molecule has 1 aromatic heterocycles. The van der Waals surface area contributed by atoms with Crippen molar-refractivity contribution in [1.82, 2.24) is 4.98 Å². The Morgan fingerprint density at radius 3 is 3.00 bits per heavy atom. The van der Waals surface area contributed by atoms with Gasteiger partial charge in [-0.1, -0.05) is 0 Å². The Labute approximate surface area is 102 Å². The Hall–Kier alpha value is -0.130. The van der Waals surface area contributed by atoms with Gasteiger partial charge in [0.15, 0.2) is 0 Å². The average Bonchev–Trinajstić information content (AvgIpc) is 2.10. The predicted molar refractivity (Wildman–Crippen MR) is 66.8 cm³/mol. The zero-order valence-electron chi connectivity index (χ0n) is 7.91. The molecule has 0 spiro atoms. The van der Waals surface area contributed by atoms with Crippen LogP contribution in [0.25, 0.3) is 0 Å². The molecule has 0 bridgehead atoms. The molecular formula is C9H10BrNOS2. The van der Waals surface area contributed by atoms with E-state index < -0.39 is 0 Å². The second-order valence-electron chi connectivity index (χ2n) is 2.56. The molecule has 2 nitrogen and oxygen atoms in total. The number of halogens is 1. The van der Waals surface area contributed by atoms with Gasteiger partial charge in [0.25, 0.3) is 0 Å². The van der Waals surface area contributed by atoms with E-state index >= 15 is 0 Å². The number of aryl methyl sites for hydroxylation is 1. The fourth-order valence-electron chi connectivity index (χ4n) is 0.853. The van der Waals surface area contributed by atoms with Gasteiger partial charge in [-0.05, 0) is 65.4 Å². The second kappa shape index (κ2) is 5.68. The van der Waals surface area contributed by atoms with Crippen molar-refractivity contribution < 1.29 is 4.74 Å². The van der Waals surface area contributed by atoms with Crippen LogP contribution >= 0.6 is 39.9 Å². The van der Waals surface area contributed by atoms with Gasteiger partial charge in [-0.3, -0.25) is 0 Å². The molecule has 0 fully saturated rings. The number of thioether (sulfide) groups is 1. The molecule has 1 rings (SSSR count).